The predicted molar refractivity (Wildman–Crippen MR) is 96.7 cm³/mol. The fraction of sp³-hybridized carbons (Fsp3) is 0.316. The van der Waals surface area contributed by atoms with Crippen LogP contribution in [0.15, 0.2) is 42.6 Å². The quantitative estimate of drug-likeness (QED) is 0.808. The number of rotatable bonds is 5. The molecule has 2 N–H and O–H groups in total. The molecule has 1 aromatic heterocycles. The molecule has 130 valence electrons. The van der Waals surface area contributed by atoms with Gasteiger partial charge in [-0.25, -0.2) is 0 Å². The second-order valence-electron chi connectivity index (χ2n) is 6.02. The summed E-state index contributed by atoms with van der Waals surface area (Å²) in [6.07, 6.45) is 4.50. The van der Waals surface area contributed by atoms with Crippen LogP contribution in [0.2, 0.25) is 5.02 Å². The number of benzene rings is 1. The maximum absolute atomic E-state index is 12.4. The lowest BCUT2D eigenvalue weighted by molar-refractivity contribution is -0.122. The van der Waals surface area contributed by atoms with Crippen LogP contribution in [0.4, 0.5) is 0 Å². The normalized spacial score (nSPS) is 16.0. The summed E-state index contributed by atoms with van der Waals surface area (Å²) in [5.74, 6) is -0.486. The van der Waals surface area contributed by atoms with Crippen molar-refractivity contribution >= 4 is 23.4 Å². The van der Waals surface area contributed by atoms with Gasteiger partial charge in [-0.15, -0.1) is 0 Å². The van der Waals surface area contributed by atoms with Crippen LogP contribution in [0.1, 0.15) is 40.4 Å². The maximum Gasteiger partial charge on any atom is 0.252 e. The summed E-state index contributed by atoms with van der Waals surface area (Å²) in [6, 6.07) is 10.8. The highest BCUT2D eigenvalue weighted by atomic mass is 35.5. The fourth-order valence-corrected chi connectivity index (χ4v) is 3.31. The Morgan fingerprint density at radius 1 is 1.12 bits per heavy atom. The van der Waals surface area contributed by atoms with E-state index in [0.29, 0.717) is 23.7 Å². The van der Waals surface area contributed by atoms with Gasteiger partial charge in [-0.2, -0.15) is 0 Å². The zero-order valence-electron chi connectivity index (χ0n) is 13.8. The van der Waals surface area contributed by atoms with Crippen molar-refractivity contribution in [2.45, 2.75) is 25.2 Å². The lowest BCUT2D eigenvalue weighted by Crippen LogP contribution is -2.38. The smallest absolute Gasteiger partial charge is 0.252 e. The van der Waals surface area contributed by atoms with Gasteiger partial charge in [0, 0.05) is 19.3 Å². The lowest BCUT2D eigenvalue weighted by atomic mass is 9.86. The summed E-state index contributed by atoms with van der Waals surface area (Å²) >= 11 is 5.99. The molecule has 0 aliphatic heterocycles. The molecule has 1 aliphatic rings. The molecule has 5 nitrogen and oxygen atoms in total. The Hall–Kier alpha value is -2.40. The average Bonchev–Trinajstić information content (AvgIpc) is 2.64. The van der Waals surface area contributed by atoms with E-state index in [4.69, 9.17) is 11.6 Å². The molecule has 1 atom stereocenters. The van der Waals surface area contributed by atoms with Crippen LogP contribution in [-0.2, 0) is 11.2 Å². The molecule has 1 aromatic carbocycles. The van der Waals surface area contributed by atoms with Gasteiger partial charge in [-0.1, -0.05) is 29.8 Å². The number of aromatic nitrogens is 1. The van der Waals surface area contributed by atoms with Crippen LogP contribution < -0.4 is 10.6 Å². The summed E-state index contributed by atoms with van der Waals surface area (Å²) in [4.78, 5) is 28.9. The van der Waals surface area contributed by atoms with E-state index < -0.39 is 0 Å². The molecule has 2 aromatic rings. The zero-order chi connectivity index (χ0) is 17.6. The second-order valence-corrected chi connectivity index (χ2v) is 6.43. The van der Waals surface area contributed by atoms with Crippen LogP contribution >= 0.6 is 11.6 Å². The molecule has 1 aliphatic carbocycles. The van der Waals surface area contributed by atoms with E-state index in [0.717, 1.165) is 30.5 Å². The number of hydrogen-bond acceptors (Lipinski definition) is 3. The first kappa shape index (κ1) is 17.4. The second kappa shape index (κ2) is 8.12. The number of nitrogens with zero attached hydrogens (tertiary/aromatic N) is 1. The minimum atomic E-state index is -0.246. The Balaban J connectivity index is 1.49. The highest BCUT2D eigenvalue weighted by molar-refractivity contribution is 6.33. The third-order valence-corrected chi connectivity index (χ3v) is 4.67. The van der Waals surface area contributed by atoms with Gasteiger partial charge in [0.15, 0.2) is 0 Å². The first-order chi connectivity index (χ1) is 12.2. The Bertz CT molecular complexity index is 779. The molecule has 25 heavy (non-hydrogen) atoms. The zero-order valence-corrected chi connectivity index (χ0v) is 14.6. The van der Waals surface area contributed by atoms with E-state index in [9.17, 15) is 9.59 Å². The van der Waals surface area contributed by atoms with Gasteiger partial charge in [0.25, 0.3) is 5.91 Å². The monoisotopic (exact) mass is 357 g/mol. The third kappa shape index (κ3) is 4.17. The van der Waals surface area contributed by atoms with Gasteiger partial charge in [0.2, 0.25) is 5.91 Å². The molecule has 0 saturated carbocycles. The van der Waals surface area contributed by atoms with Crippen molar-refractivity contribution in [1.29, 1.82) is 0 Å². The Kier molecular flexibility index (Phi) is 5.66. The minimum absolute atomic E-state index is 0.0355. The van der Waals surface area contributed by atoms with E-state index in [1.165, 1.54) is 0 Å². The molecule has 2 amide bonds. The highest BCUT2D eigenvalue weighted by Crippen LogP contribution is 2.29. The highest BCUT2D eigenvalue weighted by Gasteiger charge is 2.27. The van der Waals surface area contributed by atoms with E-state index in [1.54, 1.807) is 30.5 Å². The van der Waals surface area contributed by atoms with Gasteiger partial charge < -0.3 is 10.6 Å². The summed E-state index contributed by atoms with van der Waals surface area (Å²) in [5.41, 5.74) is 2.47. The number of carbonyl (C=O) groups is 2. The summed E-state index contributed by atoms with van der Waals surface area (Å²) < 4.78 is 0. The van der Waals surface area contributed by atoms with Crippen molar-refractivity contribution in [3.8, 4) is 0 Å². The molecule has 6 heteroatoms. The van der Waals surface area contributed by atoms with Crippen molar-refractivity contribution in [2.75, 3.05) is 13.1 Å². The van der Waals surface area contributed by atoms with Crippen LogP contribution in [0.25, 0.3) is 0 Å². The Morgan fingerprint density at radius 3 is 2.76 bits per heavy atom. The van der Waals surface area contributed by atoms with Crippen molar-refractivity contribution < 1.29 is 9.59 Å². The lowest BCUT2D eigenvalue weighted by Gasteiger charge is -2.23. The molecule has 0 radical (unpaired) electrons. The largest absolute Gasteiger partial charge is 0.354 e. The number of carbonyl (C=O) groups excluding carboxylic acids is 2. The molecule has 0 bridgehead atoms. The summed E-state index contributed by atoms with van der Waals surface area (Å²) in [6.45, 7) is 0.714. The SMILES string of the molecule is O=C(NCCNC(=O)[C@@H]1CCCc2cccnc21)c1ccccc1Cl. The van der Waals surface area contributed by atoms with E-state index in [1.807, 2.05) is 12.1 Å². The van der Waals surface area contributed by atoms with Gasteiger partial charge in [0.05, 0.1) is 22.2 Å². The van der Waals surface area contributed by atoms with E-state index in [-0.39, 0.29) is 17.7 Å². The van der Waals surface area contributed by atoms with Gasteiger partial charge in [-0.05, 0) is 43.0 Å². The third-order valence-electron chi connectivity index (χ3n) is 4.34. The Morgan fingerprint density at radius 2 is 1.92 bits per heavy atom. The van der Waals surface area contributed by atoms with Crippen LogP contribution in [0.5, 0.6) is 0 Å². The number of halogens is 1. The van der Waals surface area contributed by atoms with Gasteiger partial charge >= 0.3 is 0 Å². The first-order valence-electron chi connectivity index (χ1n) is 8.41. The van der Waals surface area contributed by atoms with Crippen LogP contribution in [0, 0.1) is 0 Å². The molecule has 0 unspecified atom stereocenters. The van der Waals surface area contributed by atoms with Crippen LogP contribution in [-0.4, -0.2) is 29.9 Å². The van der Waals surface area contributed by atoms with Crippen molar-refractivity contribution in [2.24, 2.45) is 0 Å². The fourth-order valence-electron chi connectivity index (χ4n) is 3.09. The number of hydrogen-bond donors (Lipinski definition) is 2. The van der Waals surface area contributed by atoms with Gasteiger partial charge in [-0.3, -0.25) is 14.6 Å². The molecule has 3 rings (SSSR count). The number of fused-ring (bicyclic) bond motifs is 1. The van der Waals surface area contributed by atoms with Crippen molar-refractivity contribution in [3.63, 3.8) is 0 Å². The minimum Gasteiger partial charge on any atom is -0.354 e. The predicted octanol–water partition coefficient (Wildman–Crippen LogP) is 2.70. The van der Waals surface area contributed by atoms with Crippen LogP contribution in [0.3, 0.4) is 0 Å². The topological polar surface area (TPSA) is 71.1 Å². The van der Waals surface area contributed by atoms with Gasteiger partial charge in [0.1, 0.15) is 0 Å². The average molecular weight is 358 g/mol. The molecular weight excluding hydrogens is 338 g/mol. The number of nitrogens with one attached hydrogen (secondary N) is 2. The molecule has 1 heterocycles. The van der Waals surface area contributed by atoms with E-state index >= 15 is 0 Å². The van der Waals surface area contributed by atoms with Crippen molar-refractivity contribution in [3.05, 3.63) is 64.4 Å². The molecule has 0 saturated heterocycles. The maximum atomic E-state index is 12.4. The standard InChI is InChI=1S/C19H20ClN3O2/c20-16-9-2-1-7-14(16)18(24)22-11-12-23-19(25)15-8-3-5-13-6-4-10-21-17(13)15/h1-2,4,6-7,9-10,15H,3,5,8,11-12H2,(H,22,24)(H,23,25)/t15-/m1/s1. The number of pyridine rings is 1. The van der Waals surface area contributed by atoms with E-state index in [2.05, 4.69) is 15.6 Å². The Labute approximate surface area is 151 Å². The summed E-state index contributed by atoms with van der Waals surface area (Å²) in [7, 11) is 0. The molecule has 0 fully saturated rings. The molecule has 0 spiro atoms. The molecular formula is C19H20ClN3O2. The number of amides is 2. The first-order valence-corrected chi connectivity index (χ1v) is 8.79. The summed E-state index contributed by atoms with van der Waals surface area (Å²) in [5, 5.41) is 6.06. The number of aryl methyl sites for hydroxylation is 1. The van der Waals surface area contributed by atoms with Crippen molar-refractivity contribution in [1.82, 2.24) is 15.6 Å².